The third-order valence-corrected chi connectivity index (χ3v) is 4.85. The average Bonchev–Trinajstić information content (AvgIpc) is 3.38. The van der Waals surface area contributed by atoms with Crippen LogP contribution in [0, 0.1) is 24.7 Å². The number of ether oxygens (including phenoxy) is 1. The van der Waals surface area contributed by atoms with E-state index in [9.17, 15) is 0 Å². The van der Waals surface area contributed by atoms with Gasteiger partial charge in [0.2, 0.25) is 0 Å². The first kappa shape index (κ1) is 15.5. The fraction of sp³-hybridized carbons (Fsp3) is 0.476. The second-order valence-electron chi connectivity index (χ2n) is 6.94. The van der Waals surface area contributed by atoms with Crippen LogP contribution in [0.25, 0.3) is 11.3 Å². The van der Waals surface area contributed by atoms with E-state index in [1.54, 1.807) is 0 Å². The highest BCUT2D eigenvalue weighted by molar-refractivity contribution is 5.63. The number of imidazole rings is 1. The topological polar surface area (TPSA) is 27.1 Å². The number of hydrogen-bond acceptors (Lipinski definition) is 2. The molecule has 2 aliphatic rings. The molecular weight excluding hydrogens is 296 g/mol. The fourth-order valence-corrected chi connectivity index (χ4v) is 3.29. The Bertz CT molecular complexity index is 753. The van der Waals surface area contributed by atoms with E-state index in [-0.39, 0.29) is 0 Å². The van der Waals surface area contributed by atoms with Gasteiger partial charge in [-0.2, -0.15) is 0 Å². The molecule has 1 atom stereocenters. The van der Waals surface area contributed by atoms with E-state index in [1.807, 2.05) is 6.33 Å². The molecule has 1 aliphatic heterocycles. The van der Waals surface area contributed by atoms with E-state index >= 15 is 0 Å². The van der Waals surface area contributed by atoms with Crippen molar-refractivity contribution in [3.8, 4) is 23.1 Å². The molecule has 1 aliphatic carbocycles. The minimum Gasteiger partial charge on any atom is -0.376 e. The Hall–Kier alpha value is -2.05. The number of rotatable bonds is 3. The Morgan fingerprint density at radius 2 is 2.00 bits per heavy atom. The van der Waals surface area contributed by atoms with E-state index < -0.39 is 0 Å². The molecule has 3 nitrogen and oxygen atoms in total. The van der Waals surface area contributed by atoms with Gasteiger partial charge in [0.25, 0.3) is 0 Å². The zero-order chi connectivity index (χ0) is 16.4. The molecule has 1 saturated carbocycles. The van der Waals surface area contributed by atoms with Crippen molar-refractivity contribution in [2.45, 2.75) is 51.7 Å². The van der Waals surface area contributed by atoms with Crippen molar-refractivity contribution in [3.05, 3.63) is 41.9 Å². The second kappa shape index (κ2) is 6.83. The molecule has 2 fully saturated rings. The summed E-state index contributed by atoms with van der Waals surface area (Å²) in [6.07, 6.45) is 8.40. The number of aryl methyl sites for hydroxylation is 1. The monoisotopic (exact) mass is 320 g/mol. The first-order valence-electron chi connectivity index (χ1n) is 9.05. The SMILES string of the molecule is Cc1ncn(CC2CCCCO2)c1-c1ccc(C#CC2CC2)cc1. The summed E-state index contributed by atoms with van der Waals surface area (Å²) in [5, 5.41) is 0. The Morgan fingerprint density at radius 3 is 2.71 bits per heavy atom. The van der Waals surface area contributed by atoms with E-state index in [4.69, 9.17) is 4.74 Å². The molecule has 0 spiro atoms. The maximum atomic E-state index is 5.89. The Kier molecular flexibility index (Phi) is 4.40. The average molecular weight is 320 g/mol. The van der Waals surface area contributed by atoms with Crippen LogP contribution in [0.2, 0.25) is 0 Å². The van der Waals surface area contributed by atoms with Crippen LogP contribution >= 0.6 is 0 Å². The van der Waals surface area contributed by atoms with Gasteiger partial charge in [0.05, 0.1) is 30.4 Å². The molecule has 0 bridgehead atoms. The van der Waals surface area contributed by atoms with Crippen LogP contribution < -0.4 is 0 Å². The van der Waals surface area contributed by atoms with Crippen molar-refractivity contribution in [1.29, 1.82) is 0 Å². The highest BCUT2D eigenvalue weighted by atomic mass is 16.5. The van der Waals surface area contributed by atoms with Crippen molar-refractivity contribution in [2.24, 2.45) is 5.92 Å². The zero-order valence-corrected chi connectivity index (χ0v) is 14.3. The standard InChI is InChI=1S/C21H24N2O/c1-16-21(23(15-22-16)14-20-4-2-3-13-24-20)19-11-9-18(10-12-19)8-7-17-5-6-17/h9-12,15,17,20H,2-6,13-14H2,1H3. The van der Waals surface area contributed by atoms with Gasteiger partial charge >= 0.3 is 0 Å². The minimum atomic E-state index is 0.315. The van der Waals surface area contributed by atoms with Crippen molar-refractivity contribution in [1.82, 2.24) is 9.55 Å². The Labute approximate surface area is 144 Å². The van der Waals surface area contributed by atoms with Crippen molar-refractivity contribution < 1.29 is 4.74 Å². The maximum absolute atomic E-state index is 5.89. The molecule has 1 unspecified atom stereocenters. The lowest BCUT2D eigenvalue weighted by Gasteiger charge is -2.23. The largest absolute Gasteiger partial charge is 0.376 e. The van der Waals surface area contributed by atoms with Crippen LogP contribution in [-0.2, 0) is 11.3 Å². The molecular formula is C21H24N2O. The summed E-state index contributed by atoms with van der Waals surface area (Å²) < 4.78 is 8.14. The summed E-state index contributed by atoms with van der Waals surface area (Å²) in [7, 11) is 0. The van der Waals surface area contributed by atoms with Crippen LogP contribution in [0.3, 0.4) is 0 Å². The van der Waals surface area contributed by atoms with Crippen LogP contribution in [0.5, 0.6) is 0 Å². The van der Waals surface area contributed by atoms with Gasteiger partial charge in [-0.3, -0.25) is 0 Å². The van der Waals surface area contributed by atoms with Crippen molar-refractivity contribution in [2.75, 3.05) is 6.61 Å². The zero-order valence-electron chi connectivity index (χ0n) is 14.3. The van der Waals surface area contributed by atoms with Crippen LogP contribution in [-0.4, -0.2) is 22.3 Å². The molecule has 0 radical (unpaired) electrons. The van der Waals surface area contributed by atoms with Gasteiger partial charge in [-0.05, 0) is 51.2 Å². The first-order chi connectivity index (χ1) is 11.8. The van der Waals surface area contributed by atoms with Crippen molar-refractivity contribution >= 4 is 0 Å². The lowest BCUT2D eigenvalue weighted by Crippen LogP contribution is -2.24. The Morgan fingerprint density at radius 1 is 1.17 bits per heavy atom. The van der Waals surface area contributed by atoms with E-state index in [2.05, 4.69) is 52.6 Å². The van der Waals surface area contributed by atoms with Gasteiger partial charge in [0, 0.05) is 23.7 Å². The minimum absolute atomic E-state index is 0.315. The van der Waals surface area contributed by atoms with Crippen LogP contribution in [0.15, 0.2) is 30.6 Å². The molecule has 1 saturated heterocycles. The van der Waals surface area contributed by atoms with Crippen molar-refractivity contribution in [3.63, 3.8) is 0 Å². The Balaban J connectivity index is 1.54. The van der Waals surface area contributed by atoms with E-state index in [0.29, 0.717) is 12.0 Å². The molecule has 0 amide bonds. The van der Waals surface area contributed by atoms with E-state index in [0.717, 1.165) is 30.8 Å². The third-order valence-electron chi connectivity index (χ3n) is 4.85. The number of nitrogens with zero attached hydrogens (tertiary/aromatic N) is 2. The molecule has 24 heavy (non-hydrogen) atoms. The maximum Gasteiger partial charge on any atom is 0.0955 e. The van der Waals surface area contributed by atoms with Gasteiger partial charge in [0.1, 0.15) is 0 Å². The predicted octanol–water partition coefficient (Wildman–Crippen LogP) is 4.19. The first-order valence-corrected chi connectivity index (χ1v) is 9.05. The summed E-state index contributed by atoms with van der Waals surface area (Å²) >= 11 is 0. The smallest absolute Gasteiger partial charge is 0.0955 e. The lowest BCUT2D eigenvalue weighted by molar-refractivity contribution is 0.00622. The second-order valence-corrected chi connectivity index (χ2v) is 6.94. The molecule has 0 N–H and O–H groups in total. The summed E-state index contributed by atoms with van der Waals surface area (Å²) in [6, 6.07) is 8.58. The van der Waals surface area contributed by atoms with Gasteiger partial charge in [-0.25, -0.2) is 4.98 Å². The molecule has 2 aromatic rings. The fourth-order valence-electron chi connectivity index (χ4n) is 3.29. The van der Waals surface area contributed by atoms with Crippen LogP contribution in [0.1, 0.15) is 43.4 Å². The number of hydrogen-bond donors (Lipinski definition) is 0. The normalized spacial score (nSPS) is 20.5. The molecule has 124 valence electrons. The highest BCUT2D eigenvalue weighted by Crippen LogP contribution is 2.28. The quantitative estimate of drug-likeness (QED) is 0.793. The summed E-state index contributed by atoms with van der Waals surface area (Å²) in [4.78, 5) is 4.53. The summed E-state index contributed by atoms with van der Waals surface area (Å²) in [6.45, 7) is 3.86. The number of benzene rings is 1. The summed E-state index contributed by atoms with van der Waals surface area (Å²) in [5.41, 5.74) is 4.58. The molecule has 2 heterocycles. The van der Waals surface area contributed by atoms with E-state index in [1.165, 1.54) is 36.9 Å². The van der Waals surface area contributed by atoms with Gasteiger partial charge in [0.15, 0.2) is 0 Å². The highest BCUT2D eigenvalue weighted by Gasteiger charge is 2.18. The number of aromatic nitrogens is 2. The lowest BCUT2D eigenvalue weighted by atomic mass is 10.1. The van der Waals surface area contributed by atoms with Gasteiger partial charge < -0.3 is 9.30 Å². The molecule has 3 heteroatoms. The van der Waals surface area contributed by atoms with Gasteiger partial charge in [-0.15, -0.1) is 0 Å². The molecule has 4 rings (SSSR count). The molecule has 1 aromatic carbocycles. The predicted molar refractivity (Wildman–Crippen MR) is 95.6 cm³/mol. The third kappa shape index (κ3) is 3.55. The van der Waals surface area contributed by atoms with Gasteiger partial charge in [-0.1, -0.05) is 24.0 Å². The summed E-state index contributed by atoms with van der Waals surface area (Å²) in [5.74, 6) is 7.24. The molecule has 1 aromatic heterocycles. The van der Waals surface area contributed by atoms with Crippen LogP contribution in [0.4, 0.5) is 0 Å².